The molecule has 0 atom stereocenters. The summed E-state index contributed by atoms with van der Waals surface area (Å²) in [6.07, 6.45) is 1.28. The molecule has 1 heterocycles. The Bertz CT molecular complexity index is 732. The lowest BCUT2D eigenvalue weighted by molar-refractivity contribution is -0.380. The highest BCUT2D eigenvalue weighted by atomic mass is 35.5. The molecule has 0 fully saturated rings. The zero-order valence-corrected chi connectivity index (χ0v) is 11.8. The Balaban J connectivity index is 2.01. The first kappa shape index (κ1) is 15.1. The van der Waals surface area contributed by atoms with Crippen molar-refractivity contribution in [2.24, 2.45) is 5.10 Å². The van der Waals surface area contributed by atoms with Crippen molar-refractivity contribution >= 4 is 40.1 Å². The van der Waals surface area contributed by atoms with Gasteiger partial charge in [-0.25, -0.2) is 9.82 Å². The molecule has 1 aromatic carbocycles. The van der Waals surface area contributed by atoms with Crippen LogP contribution < -0.4 is 5.43 Å². The van der Waals surface area contributed by atoms with Crippen LogP contribution in [-0.2, 0) is 0 Å². The van der Waals surface area contributed by atoms with Crippen LogP contribution in [0.2, 0.25) is 5.02 Å². The zero-order chi connectivity index (χ0) is 15.4. The number of hydrogen-bond acceptors (Lipinski definition) is 5. The molecule has 21 heavy (non-hydrogen) atoms. The number of carbonyl (C=O) groups is 1. The topological polar surface area (TPSA) is 84.6 Å². The molecule has 0 aliphatic rings. The van der Waals surface area contributed by atoms with Gasteiger partial charge in [0, 0.05) is 11.6 Å². The Labute approximate surface area is 127 Å². The minimum atomic E-state index is -0.623. The maximum absolute atomic E-state index is 13.0. The fourth-order valence-electron chi connectivity index (χ4n) is 1.37. The molecule has 9 heteroatoms. The molecule has 108 valence electrons. The van der Waals surface area contributed by atoms with Crippen LogP contribution in [0.5, 0.6) is 0 Å². The average Bonchev–Trinajstić information content (AvgIpc) is 2.91. The van der Waals surface area contributed by atoms with Crippen LogP contribution in [0, 0.1) is 15.9 Å². The van der Waals surface area contributed by atoms with E-state index in [-0.39, 0.29) is 15.6 Å². The summed E-state index contributed by atoms with van der Waals surface area (Å²) in [5.41, 5.74) is 2.37. The molecule has 0 saturated carbocycles. The van der Waals surface area contributed by atoms with Crippen LogP contribution in [0.3, 0.4) is 0 Å². The largest absolute Gasteiger partial charge is 0.324 e. The van der Waals surface area contributed by atoms with Gasteiger partial charge in [-0.3, -0.25) is 14.9 Å². The molecule has 1 aromatic heterocycles. The van der Waals surface area contributed by atoms with Crippen LogP contribution in [-0.4, -0.2) is 17.0 Å². The standard InChI is InChI=1S/C12H7ClFN3O3S/c13-9-5-7(1-3-10(9)14)12(18)16-15-6-8-2-4-11(21-8)17(19)20/h1-6H,(H,16,18)/b15-6+. The minimum absolute atomic E-state index is 0.0203. The van der Waals surface area contributed by atoms with Crippen molar-refractivity contribution < 1.29 is 14.1 Å². The van der Waals surface area contributed by atoms with Gasteiger partial charge in [0.15, 0.2) is 0 Å². The monoisotopic (exact) mass is 327 g/mol. The van der Waals surface area contributed by atoms with E-state index < -0.39 is 16.6 Å². The molecule has 0 spiro atoms. The first-order valence-corrected chi connectivity index (χ1v) is 6.69. The van der Waals surface area contributed by atoms with Crippen LogP contribution in [0.1, 0.15) is 15.2 Å². The number of nitrogens with one attached hydrogen (secondary N) is 1. The van der Waals surface area contributed by atoms with Gasteiger partial charge in [0.1, 0.15) is 5.82 Å². The van der Waals surface area contributed by atoms with Gasteiger partial charge in [0.25, 0.3) is 5.91 Å². The summed E-state index contributed by atoms with van der Waals surface area (Å²) in [5.74, 6) is -1.19. The number of benzene rings is 1. The third-order valence-corrected chi connectivity index (χ3v) is 3.59. The summed E-state index contributed by atoms with van der Waals surface area (Å²) in [7, 11) is 0. The number of carbonyl (C=O) groups excluding carboxylic acids is 1. The second-order valence-corrected chi connectivity index (χ2v) is 5.26. The van der Waals surface area contributed by atoms with E-state index in [1.54, 1.807) is 0 Å². The Kier molecular flexibility index (Phi) is 4.61. The van der Waals surface area contributed by atoms with E-state index in [2.05, 4.69) is 10.5 Å². The molecule has 0 aliphatic carbocycles. The number of nitrogens with zero attached hydrogens (tertiary/aromatic N) is 2. The number of halogens is 2. The van der Waals surface area contributed by atoms with Gasteiger partial charge in [0.2, 0.25) is 0 Å². The fraction of sp³-hybridized carbons (Fsp3) is 0. The van der Waals surface area contributed by atoms with E-state index in [1.165, 1.54) is 30.5 Å². The molecule has 2 rings (SSSR count). The lowest BCUT2D eigenvalue weighted by Gasteiger charge is -2.00. The van der Waals surface area contributed by atoms with Crippen molar-refractivity contribution in [2.75, 3.05) is 0 Å². The van der Waals surface area contributed by atoms with Crippen LogP contribution in [0.4, 0.5) is 9.39 Å². The summed E-state index contributed by atoms with van der Waals surface area (Å²) >= 11 is 6.49. The normalized spacial score (nSPS) is 10.8. The molecule has 2 aromatic rings. The molecule has 0 unspecified atom stereocenters. The lowest BCUT2D eigenvalue weighted by Crippen LogP contribution is -2.17. The highest BCUT2D eigenvalue weighted by molar-refractivity contribution is 7.16. The van der Waals surface area contributed by atoms with Gasteiger partial charge in [-0.1, -0.05) is 22.9 Å². The van der Waals surface area contributed by atoms with Crippen LogP contribution in [0.25, 0.3) is 0 Å². The van der Waals surface area contributed by atoms with E-state index in [9.17, 15) is 19.3 Å². The number of amides is 1. The van der Waals surface area contributed by atoms with Crippen molar-refractivity contribution in [1.29, 1.82) is 0 Å². The summed E-state index contributed by atoms with van der Waals surface area (Å²) in [6, 6.07) is 6.37. The van der Waals surface area contributed by atoms with Crippen molar-refractivity contribution in [1.82, 2.24) is 5.43 Å². The van der Waals surface area contributed by atoms with Gasteiger partial charge in [0.05, 0.1) is 21.0 Å². The predicted octanol–water partition coefficient (Wildman–Crippen LogP) is 3.21. The van der Waals surface area contributed by atoms with E-state index in [0.717, 1.165) is 17.4 Å². The smallest absolute Gasteiger partial charge is 0.267 e. The first-order valence-electron chi connectivity index (χ1n) is 5.50. The SMILES string of the molecule is O=C(N/N=C/c1ccc([N+](=O)[O-])s1)c1ccc(F)c(Cl)c1. The highest BCUT2D eigenvalue weighted by Gasteiger charge is 2.09. The van der Waals surface area contributed by atoms with Gasteiger partial charge < -0.3 is 0 Å². The van der Waals surface area contributed by atoms with Gasteiger partial charge in [-0.05, 0) is 24.3 Å². The molecule has 1 N–H and O–H groups in total. The third-order valence-electron chi connectivity index (χ3n) is 2.33. The zero-order valence-electron chi connectivity index (χ0n) is 10.2. The molecule has 6 nitrogen and oxygen atoms in total. The van der Waals surface area contributed by atoms with Gasteiger partial charge >= 0.3 is 5.00 Å². The summed E-state index contributed by atoms with van der Waals surface area (Å²) in [6.45, 7) is 0. The fourth-order valence-corrected chi connectivity index (χ4v) is 2.24. The molecular formula is C12H7ClFN3O3S. The Morgan fingerprint density at radius 2 is 2.19 bits per heavy atom. The number of nitro groups is 1. The number of hydrazone groups is 1. The van der Waals surface area contributed by atoms with Gasteiger partial charge in [-0.2, -0.15) is 5.10 Å². The van der Waals surface area contributed by atoms with Crippen molar-refractivity contribution in [2.45, 2.75) is 0 Å². The lowest BCUT2D eigenvalue weighted by atomic mass is 10.2. The summed E-state index contributed by atoms with van der Waals surface area (Å²) < 4.78 is 13.0. The Morgan fingerprint density at radius 3 is 2.81 bits per heavy atom. The number of thiophene rings is 1. The summed E-state index contributed by atoms with van der Waals surface area (Å²) in [4.78, 5) is 22.2. The van der Waals surface area contributed by atoms with Crippen molar-refractivity contribution in [3.05, 3.63) is 61.7 Å². The first-order chi connectivity index (χ1) is 9.97. The third kappa shape index (κ3) is 3.83. The maximum atomic E-state index is 13.0. The Morgan fingerprint density at radius 1 is 1.43 bits per heavy atom. The Hall–Kier alpha value is -2.32. The maximum Gasteiger partial charge on any atom is 0.324 e. The summed E-state index contributed by atoms with van der Waals surface area (Å²) in [5, 5.41) is 14.0. The molecular weight excluding hydrogens is 321 g/mol. The number of hydrogen-bond donors (Lipinski definition) is 1. The van der Waals surface area contributed by atoms with E-state index in [0.29, 0.717) is 4.88 Å². The van der Waals surface area contributed by atoms with Crippen molar-refractivity contribution in [3.8, 4) is 0 Å². The predicted molar refractivity (Wildman–Crippen MR) is 77.4 cm³/mol. The highest BCUT2D eigenvalue weighted by Crippen LogP contribution is 2.22. The average molecular weight is 328 g/mol. The van der Waals surface area contributed by atoms with E-state index >= 15 is 0 Å². The second-order valence-electron chi connectivity index (χ2n) is 3.76. The molecule has 0 saturated heterocycles. The van der Waals surface area contributed by atoms with Crippen LogP contribution in [0.15, 0.2) is 35.4 Å². The minimum Gasteiger partial charge on any atom is -0.267 e. The molecule has 0 aliphatic heterocycles. The van der Waals surface area contributed by atoms with E-state index in [1.807, 2.05) is 0 Å². The van der Waals surface area contributed by atoms with Crippen molar-refractivity contribution in [3.63, 3.8) is 0 Å². The number of rotatable bonds is 4. The quantitative estimate of drug-likeness (QED) is 0.531. The second kappa shape index (κ2) is 6.42. The van der Waals surface area contributed by atoms with Gasteiger partial charge in [-0.15, -0.1) is 0 Å². The molecule has 0 bridgehead atoms. The molecule has 0 radical (unpaired) electrons. The van der Waals surface area contributed by atoms with Crippen LogP contribution >= 0.6 is 22.9 Å². The molecule has 1 amide bonds. The van der Waals surface area contributed by atoms with E-state index in [4.69, 9.17) is 11.6 Å².